The average Bonchev–Trinajstić information content (AvgIpc) is 3.05. The van der Waals surface area contributed by atoms with Gasteiger partial charge < -0.3 is 4.57 Å². The highest BCUT2D eigenvalue weighted by Gasteiger charge is 2.17. The summed E-state index contributed by atoms with van der Waals surface area (Å²) in [5.74, 6) is 0.327. The van der Waals surface area contributed by atoms with Gasteiger partial charge in [-0.1, -0.05) is 35.9 Å². The van der Waals surface area contributed by atoms with E-state index in [0.717, 1.165) is 21.8 Å². The van der Waals surface area contributed by atoms with Crippen LogP contribution in [0.5, 0.6) is 0 Å². The van der Waals surface area contributed by atoms with Crippen LogP contribution in [0.4, 0.5) is 0 Å². The van der Waals surface area contributed by atoms with E-state index in [1.54, 1.807) is 18.5 Å². The zero-order chi connectivity index (χ0) is 18.0. The van der Waals surface area contributed by atoms with Crippen LogP contribution in [0.1, 0.15) is 10.5 Å². The summed E-state index contributed by atoms with van der Waals surface area (Å²) in [6, 6.07) is 11.1. The fourth-order valence-electron chi connectivity index (χ4n) is 2.46. The van der Waals surface area contributed by atoms with Crippen LogP contribution < -0.4 is 0 Å². The molecule has 1 amide bonds. The van der Waals surface area contributed by atoms with Crippen molar-refractivity contribution < 1.29 is 9.63 Å². The fraction of sp³-hybridized carbons (Fsp3) is 0.176. The number of hydroxylamine groups is 2. The Morgan fingerprint density at radius 2 is 1.96 bits per heavy atom. The second kappa shape index (κ2) is 7.00. The predicted molar refractivity (Wildman–Crippen MR) is 93.8 cm³/mol. The molecule has 3 aromatic rings. The first-order chi connectivity index (χ1) is 12.0. The van der Waals surface area contributed by atoms with E-state index in [1.165, 1.54) is 14.2 Å². The van der Waals surface area contributed by atoms with Crippen LogP contribution in [0.15, 0.2) is 42.7 Å². The van der Waals surface area contributed by atoms with E-state index >= 15 is 0 Å². The molecule has 0 aliphatic rings. The molecular weight excluding hydrogens is 342 g/mol. The van der Waals surface area contributed by atoms with E-state index in [0.29, 0.717) is 5.82 Å². The number of hydrogen-bond acceptors (Lipinski definition) is 5. The van der Waals surface area contributed by atoms with Crippen LogP contribution >= 0.6 is 11.6 Å². The molecular formula is C17H16ClN5O2. The highest BCUT2D eigenvalue weighted by atomic mass is 35.5. The van der Waals surface area contributed by atoms with Gasteiger partial charge in [-0.3, -0.25) is 9.63 Å². The molecule has 0 saturated heterocycles. The van der Waals surface area contributed by atoms with Gasteiger partial charge in [0.2, 0.25) is 0 Å². The molecule has 0 atom stereocenters. The van der Waals surface area contributed by atoms with E-state index in [9.17, 15) is 4.79 Å². The van der Waals surface area contributed by atoms with Gasteiger partial charge in [0.1, 0.15) is 17.2 Å². The van der Waals surface area contributed by atoms with E-state index in [2.05, 4.69) is 15.2 Å². The van der Waals surface area contributed by atoms with Crippen molar-refractivity contribution >= 4 is 17.5 Å². The van der Waals surface area contributed by atoms with Crippen LogP contribution in [-0.2, 0) is 11.9 Å². The van der Waals surface area contributed by atoms with Crippen LogP contribution in [0.25, 0.3) is 22.5 Å². The summed E-state index contributed by atoms with van der Waals surface area (Å²) in [6.45, 7) is 0. The summed E-state index contributed by atoms with van der Waals surface area (Å²) < 4.78 is 1.83. The Bertz CT molecular complexity index is 925. The molecule has 0 unspecified atom stereocenters. The van der Waals surface area contributed by atoms with Crippen LogP contribution in [0.3, 0.4) is 0 Å². The summed E-state index contributed by atoms with van der Waals surface area (Å²) in [7, 11) is 4.79. The number of pyridine rings is 1. The van der Waals surface area contributed by atoms with Gasteiger partial charge in [-0.05, 0) is 23.3 Å². The third kappa shape index (κ3) is 3.38. The molecule has 2 heterocycles. The average molecular weight is 358 g/mol. The SMILES string of the molecule is CON(C)C(=O)c1cc(-c2ccccc2-c2nncn2C)cc(Cl)n1. The Labute approximate surface area is 149 Å². The van der Waals surface area contributed by atoms with Crippen molar-refractivity contribution in [3.8, 4) is 22.5 Å². The van der Waals surface area contributed by atoms with Crippen molar-refractivity contribution in [1.82, 2.24) is 24.8 Å². The lowest BCUT2D eigenvalue weighted by atomic mass is 9.99. The van der Waals surface area contributed by atoms with Crippen molar-refractivity contribution in [3.63, 3.8) is 0 Å². The number of rotatable bonds is 4. The Morgan fingerprint density at radius 3 is 2.60 bits per heavy atom. The zero-order valence-corrected chi connectivity index (χ0v) is 14.7. The van der Waals surface area contributed by atoms with Crippen molar-refractivity contribution in [3.05, 3.63) is 53.6 Å². The second-order valence-corrected chi connectivity index (χ2v) is 5.75. The molecule has 0 aliphatic heterocycles. The maximum absolute atomic E-state index is 12.3. The number of nitrogens with zero attached hydrogens (tertiary/aromatic N) is 5. The van der Waals surface area contributed by atoms with Gasteiger partial charge in [0.15, 0.2) is 5.82 Å². The molecule has 0 aliphatic carbocycles. The Hall–Kier alpha value is -2.77. The van der Waals surface area contributed by atoms with E-state index in [-0.39, 0.29) is 16.8 Å². The maximum Gasteiger partial charge on any atom is 0.295 e. The van der Waals surface area contributed by atoms with Crippen molar-refractivity contribution in [2.24, 2.45) is 7.05 Å². The van der Waals surface area contributed by atoms with Gasteiger partial charge >= 0.3 is 0 Å². The molecule has 0 N–H and O–H groups in total. The lowest BCUT2D eigenvalue weighted by Crippen LogP contribution is -2.26. The number of aromatic nitrogens is 4. The van der Waals surface area contributed by atoms with Crippen molar-refractivity contribution in [2.75, 3.05) is 14.2 Å². The standard InChI is InChI=1S/C17H16ClN5O2/c1-22-10-19-21-16(22)13-7-5-4-6-12(13)11-8-14(20-15(18)9-11)17(24)23(2)25-3/h4-10H,1-3H3. The minimum atomic E-state index is -0.387. The number of halogens is 1. The molecule has 0 fully saturated rings. The van der Waals surface area contributed by atoms with Crippen LogP contribution in [0, 0.1) is 0 Å². The molecule has 2 aromatic heterocycles. The summed E-state index contributed by atoms with van der Waals surface area (Å²) in [4.78, 5) is 21.4. The number of amides is 1. The largest absolute Gasteiger partial charge is 0.317 e. The molecule has 25 heavy (non-hydrogen) atoms. The zero-order valence-electron chi connectivity index (χ0n) is 14.0. The van der Waals surface area contributed by atoms with Crippen molar-refractivity contribution in [1.29, 1.82) is 0 Å². The first-order valence-corrected chi connectivity index (χ1v) is 7.82. The third-order valence-electron chi connectivity index (χ3n) is 3.76. The quantitative estimate of drug-likeness (QED) is 0.530. The smallest absolute Gasteiger partial charge is 0.295 e. The summed E-state index contributed by atoms with van der Waals surface area (Å²) in [5, 5.41) is 9.41. The van der Waals surface area contributed by atoms with Crippen molar-refractivity contribution in [2.45, 2.75) is 0 Å². The van der Waals surface area contributed by atoms with E-state index in [1.807, 2.05) is 35.9 Å². The Morgan fingerprint density at radius 1 is 1.24 bits per heavy atom. The number of carbonyl (C=O) groups excluding carboxylic acids is 1. The number of aryl methyl sites for hydroxylation is 1. The highest BCUT2D eigenvalue weighted by Crippen LogP contribution is 2.32. The normalized spacial score (nSPS) is 10.7. The molecule has 0 spiro atoms. The van der Waals surface area contributed by atoms with Crippen LogP contribution in [0.2, 0.25) is 5.15 Å². The minimum Gasteiger partial charge on any atom is -0.317 e. The van der Waals surface area contributed by atoms with E-state index in [4.69, 9.17) is 16.4 Å². The minimum absolute atomic E-state index is 0.194. The molecule has 0 bridgehead atoms. The van der Waals surface area contributed by atoms with Gasteiger partial charge in [0.05, 0.1) is 7.11 Å². The predicted octanol–water partition coefficient (Wildman–Crippen LogP) is 2.83. The van der Waals surface area contributed by atoms with Gasteiger partial charge in [0.25, 0.3) is 5.91 Å². The van der Waals surface area contributed by atoms with E-state index < -0.39 is 0 Å². The lowest BCUT2D eigenvalue weighted by molar-refractivity contribution is -0.0760. The molecule has 0 radical (unpaired) electrons. The molecule has 128 valence electrons. The first kappa shape index (κ1) is 17.1. The molecule has 0 saturated carbocycles. The maximum atomic E-state index is 12.3. The van der Waals surface area contributed by atoms with Gasteiger partial charge in [0, 0.05) is 19.7 Å². The van der Waals surface area contributed by atoms with Gasteiger partial charge in [-0.15, -0.1) is 10.2 Å². The first-order valence-electron chi connectivity index (χ1n) is 7.44. The lowest BCUT2D eigenvalue weighted by Gasteiger charge is -2.14. The van der Waals surface area contributed by atoms with Crippen LogP contribution in [-0.4, -0.2) is 44.9 Å². The number of carbonyl (C=O) groups is 1. The fourth-order valence-corrected chi connectivity index (χ4v) is 2.67. The topological polar surface area (TPSA) is 73.1 Å². The highest BCUT2D eigenvalue weighted by molar-refractivity contribution is 6.30. The summed E-state index contributed by atoms with van der Waals surface area (Å²) in [5.41, 5.74) is 2.70. The molecule has 7 nitrogen and oxygen atoms in total. The summed E-state index contributed by atoms with van der Waals surface area (Å²) in [6.07, 6.45) is 1.63. The Balaban J connectivity index is 2.14. The summed E-state index contributed by atoms with van der Waals surface area (Å²) >= 11 is 6.14. The Kier molecular flexibility index (Phi) is 4.78. The monoisotopic (exact) mass is 357 g/mol. The van der Waals surface area contributed by atoms with Gasteiger partial charge in [-0.2, -0.15) is 0 Å². The second-order valence-electron chi connectivity index (χ2n) is 5.36. The molecule has 1 aromatic carbocycles. The number of benzene rings is 1. The third-order valence-corrected chi connectivity index (χ3v) is 3.96. The molecule has 3 rings (SSSR count). The van der Waals surface area contributed by atoms with Gasteiger partial charge in [-0.25, -0.2) is 10.0 Å². The molecule has 8 heteroatoms. The number of hydrogen-bond donors (Lipinski definition) is 0.